The molecule has 7 nitrogen and oxygen atoms in total. The van der Waals surface area contributed by atoms with Gasteiger partial charge in [-0.25, -0.2) is 9.18 Å². The van der Waals surface area contributed by atoms with Crippen LogP contribution in [0.4, 0.5) is 28.0 Å². The zero-order valence-electron chi connectivity index (χ0n) is 20.1. The number of anilines is 1. The summed E-state index contributed by atoms with van der Waals surface area (Å²) in [7, 11) is 0. The van der Waals surface area contributed by atoms with Crippen molar-refractivity contribution in [3.8, 4) is 17.3 Å². The lowest BCUT2D eigenvalue weighted by atomic mass is 9.99. The third-order valence-electron chi connectivity index (χ3n) is 5.85. The van der Waals surface area contributed by atoms with E-state index in [2.05, 4.69) is 22.0 Å². The zero-order chi connectivity index (χ0) is 26.8. The van der Waals surface area contributed by atoms with Gasteiger partial charge in [0.05, 0.1) is 41.2 Å². The third kappa shape index (κ3) is 4.66. The lowest BCUT2D eigenvalue weighted by molar-refractivity contribution is -0.137. The number of benzene rings is 2. The quantitative estimate of drug-likeness (QED) is 0.428. The number of carbonyl (C=O) groups is 1. The zero-order valence-corrected chi connectivity index (χ0v) is 20.1. The Labute approximate surface area is 205 Å². The first-order valence-corrected chi connectivity index (χ1v) is 11.0. The van der Waals surface area contributed by atoms with Gasteiger partial charge in [0, 0.05) is 16.8 Å². The summed E-state index contributed by atoms with van der Waals surface area (Å²) in [5.41, 5.74) is -1.46. The fourth-order valence-corrected chi connectivity index (χ4v) is 3.79. The molecule has 1 saturated heterocycles. The molecule has 0 radical (unpaired) electrons. The largest absolute Gasteiger partial charge is 0.417 e. The molecule has 1 aliphatic heterocycles. The molecule has 1 aliphatic rings. The Balaban J connectivity index is 0.00000176. The number of amides is 2. The van der Waals surface area contributed by atoms with E-state index < -0.39 is 34.7 Å². The van der Waals surface area contributed by atoms with Crippen LogP contribution in [0.1, 0.15) is 44.4 Å². The summed E-state index contributed by atoms with van der Waals surface area (Å²) in [6.45, 7) is 11.1. The first kappa shape index (κ1) is 26.4. The molecule has 2 amide bonds. The summed E-state index contributed by atoms with van der Waals surface area (Å²) in [5, 5.41) is 19.1. The highest BCUT2D eigenvalue weighted by Crippen LogP contribution is 2.42. The molecule has 0 saturated carbocycles. The van der Waals surface area contributed by atoms with Crippen LogP contribution in [0.3, 0.4) is 0 Å². The van der Waals surface area contributed by atoms with Gasteiger partial charge in [-0.1, -0.05) is 32.6 Å². The normalized spacial score (nSPS) is 15.0. The minimum Gasteiger partial charge on any atom is -0.309 e. The van der Waals surface area contributed by atoms with Crippen molar-refractivity contribution < 1.29 is 22.4 Å². The van der Waals surface area contributed by atoms with Crippen molar-refractivity contribution in [3.05, 3.63) is 77.4 Å². The second-order valence-electron chi connectivity index (χ2n) is 8.21. The van der Waals surface area contributed by atoms with Gasteiger partial charge in [0.2, 0.25) is 0 Å². The van der Waals surface area contributed by atoms with Crippen molar-refractivity contribution in [2.45, 2.75) is 46.0 Å². The van der Waals surface area contributed by atoms with Gasteiger partial charge >= 0.3 is 12.2 Å². The molecule has 1 aromatic heterocycles. The standard InChI is InChI=1S/C23H18F4N6O.C2H6/c1-13-22(2,3)32(12-16-5-4-14(8-19(16)24)20-11-29-31-30-20)21(34)33(13)17-7-6-15(10-28)18(9-17)23(25,26)27;1-2/h4-9,11H,1,12H2,2-3H3,(H,29,30,31);1-2H3. The fraction of sp³-hybridized carbons (Fsp3) is 0.280. The van der Waals surface area contributed by atoms with Crippen molar-refractivity contribution in [2.75, 3.05) is 4.90 Å². The van der Waals surface area contributed by atoms with E-state index in [9.17, 15) is 22.4 Å². The smallest absolute Gasteiger partial charge is 0.309 e. The van der Waals surface area contributed by atoms with E-state index >= 15 is 0 Å². The molecule has 3 aromatic rings. The fourth-order valence-electron chi connectivity index (χ4n) is 3.79. The van der Waals surface area contributed by atoms with Gasteiger partial charge < -0.3 is 4.90 Å². The van der Waals surface area contributed by atoms with Gasteiger partial charge in [0.15, 0.2) is 0 Å². The molecule has 4 rings (SSSR count). The second kappa shape index (κ2) is 9.81. The number of nitrogens with one attached hydrogen (secondary N) is 1. The molecule has 0 unspecified atom stereocenters. The number of carbonyl (C=O) groups excluding carboxylic acids is 1. The van der Waals surface area contributed by atoms with Crippen LogP contribution in [0.5, 0.6) is 0 Å². The van der Waals surface area contributed by atoms with Crippen molar-refractivity contribution >= 4 is 11.7 Å². The Hall–Kier alpha value is -4.20. The Bertz CT molecular complexity index is 1330. The summed E-state index contributed by atoms with van der Waals surface area (Å²) in [4.78, 5) is 15.7. The maximum atomic E-state index is 14.9. The topological polar surface area (TPSA) is 88.9 Å². The summed E-state index contributed by atoms with van der Waals surface area (Å²) < 4.78 is 55.2. The number of aromatic amines is 1. The van der Waals surface area contributed by atoms with Crippen LogP contribution in [0, 0.1) is 17.1 Å². The maximum Gasteiger partial charge on any atom is 0.417 e. The van der Waals surface area contributed by atoms with Crippen LogP contribution >= 0.6 is 0 Å². The molecular weight excluding hydrogens is 476 g/mol. The second-order valence-corrected chi connectivity index (χ2v) is 8.21. The molecule has 0 aliphatic carbocycles. The highest BCUT2D eigenvalue weighted by Gasteiger charge is 2.48. The Morgan fingerprint density at radius 1 is 1.17 bits per heavy atom. The van der Waals surface area contributed by atoms with Gasteiger partial charge in [0.25, 0.3) is 0 Å². The van der Waals surface area contributed by atoms with Gasteiger partial charge in [-0.15, -0.1) is 0 Å². The van der Waals surface area contributed by atoms with Crippen LogP contribution in [0.15, 0.2) is 54.9 Å². The summed E-state index contributed by atoms with van der Waals surface area (Å²) in [6.07, 6.45) is -3.34. The molecule has 1 N–H and O–H groups in total. The lowest BCUT2D eigenvalue weighted by Gasteiger charge is -2.30. The highest BCUT2D eigenvalue weighted by molar-refractivity contribution is 6.00. The number of nitrogens with zero attached hydrogens (tertiary/aromatic N) is 5. The molecule has 1 fully saturated rings. The predicted molar refractivity (Wildman–Crippen MR) is 126 cm³/mol. The Kier molecular flexibility index (Phi) is 7.20. The van der Waals surface area contributed by atoms with E-state index in [-0.39, 0.29) is 23.5 Å². The molecule has 11 heteroatoms. The number of aromatic nitrogens is 3. The van der Waals surface area contributed by atoms with E-state index in [0.29, 0.717) is 11.3 Å². The van der Waals surface area contributed by atoms with E-state index in [1.165, 1.54) is 35.4 Å². The van der Waals surface area contributed by atoms with Crippen LogP contribution in [0.2, 0.25) is 0 Å². The summed E-state index contributed by atoms with van der Waals surface area (Å²) in [5.74, 6) is -0.578. The van der Waals surface area contributed by atoms with Crippen LogP contribution < -0.4 is 4.90 Å². The molecular formula is C25H24F4N6O. The minimum absolute atomic E-state index is 0.0845. The minimum atomic E-state index is -4.78. The number of hydrogen-bond donors (Lipinski definition) is 1. The molecule has 0 atom stereocenters. The van der Waals surface area contributed by atoms with E-state index in [4.69, 9.17) is 5.26 Å². The number of H-pyrrole nitrogens is 1. The van der Waals surface area contributed by atoms with Gasteiger partial charge in [-0.3, -0.25) is 4.90 Å². The Morgan fingerprint density at radius 2 is 1.86 bits per heavy atom. The first-order valence-electron chi connectivity index (χ1n) is 11.0. The average molecular weight is 501 g/mol. The van der Waals surface area contributed by atoms with Crippen molar-refractivity contribution in [3.63, 3.8) is 0 Å². The predicted octanol–water partition coefficient (Wildman–Crippen LogP) is 6.26. The van der Waals surface area contributed by atoms with Crippen molar-refractivity contribution in [1.29, 1.82) is 5.26 Å². The van der Waals surface area contributed by atoms with Crippen molar-refractivity contribution in [2.24, 2.45) is 0 Å². The third-order valence-corrected chi connectivity index (χ3v) is 5.85. The van der Waals surface area contributed by atoms with Crippen molar-refractivity contribution in [1.82, 2.24) is 20.3 Å². The number of halogens is 4. The van der Waals surface area contributed by atoms with E-state index in [1.54, 1.807) is 19.9 Å². The molecule has 36 heavy (non-hydrogen) atoms. The van der Waals surface area contributed by atoms with E-state index in [0.717, 1.165) is 17.0 Å². The van der Waals surface area contributed by atoms with Crippen LogP contribution in [-0.4, -0.2) is 31.9 Å². The summed E-state index contributed by atoms with van der Waals surface area (Å²) in [6, 6.07) is 8.27. The number of alkyl halides is 3. The van der Waals surface area contributed by atoms with Crippen LogP contribution in [-0.2, 0) is 12.7 Å². The molecule has 2 aromatic carbocycles. The Morgan fingerprint density at radius 3 is 2.42 bits per heavy atom. The highest BCUT2D eigenvalue weighted by atomic mass is 19.4. The first-order chi connectivity index (χ1) is 16.9. The number of urea groups is 1. The number of hydrogen-bond acceptors (Lipinski definition) is 4. The van der Waals surface area contributed by atoms with Gasteiger partial charge in [-0.05, 0) is 38.1 Å². The molecule has 0 bridgehead atoms. The van der Waals surface area contributed by atoms with E-state index in [1.807, 2.05) is 13.8 Å². The van der Waals surface area contributed by atoms with Gasteiger partial charge in [-0.2, -0.15) is 33.8 Å². The average Bonchev–Trinajstić information content (AvgIpc) is 3.43. The summed E-state index contributed by atoms with van der Waals surface area (Å²) >= 11 is 0. The molecule has 188 valence electrons. The molecule has 2 heterocycles. The van der Waals surface area contributed by atoms with Gasteiger partial charge in [0.1, 0.15) is 11.5 Å². The number of rotatable bonds is 4. The maximum absolute atomic E-state index is 14.9. The molecule has 0 spiro atoms. The monoisotopic (exact) mass is 500 g/mol. The SMILES string of the molecule is C=C1N(c2ccc(C#N)c(C(F)(F)F)c2)C(=O)N(Cc2ccc(-c3cn[nH]n3)cc2F)C1(C)C.CC. The van der Waals surface area contributed by atoms with Crippen LogP contribution in [0.25, 0.3) is 11.3 Å². The lowest BCUT2D eigenvalue weighted by Crippen LogP contribution is -2.40. The number of nitriles is 1.